The van der Waals surface area contributed by atoms with Gasteiger partial charge in [0.15, 0.2) is 0 Å². The summed E-state index contributed by atoms with van der Waals surface area (Å²) in [6, 6.07) is 5.16. The van der Waals surface area contributed by atoms with Crippen LogP contribution in [0, 0.1) is 12.3 Å². The van der Waals surface area contributed by atoms with Crippen LogP contribution in [0.1, 0.15) is 32.3 Å². The van der Waals surface area contributed by atoms with Gasteiger partial charge in [0.1, 0.15) is 0 Å². The van der Waals surface area contributed by atoms with Crippen LogP contribution in [-0.4, -0.2) is 24.3 Å². The number of carbonyl (C=O) groups excluding carboxylic acids is 1. The van der Waals surface area contributed by atoms with Gasteiger partial charge < -0.3 is 15.7 Å². The zero-order valence-corrected chi connectivity index (χ0v) is 13.0. The smallest absolute Gasteiger partial charge is 0.319 e. The number of aliphatic hydroxyl groups excluding tert-OH is 1. The first-order valence-corrected chi connectivity index (χ1v) is 7.14. The first kappa shape index (κ1) is 16.8. The van der Waals surface area contributed by atoms with Crippen molar-refractivity contribution in [1.29, 1.82) is 0 Å². The Bertz CT molecular complexity index is 461. The molecule has 0 heterocycles. The molecule has 0 fully saturated rings. The fourth-order valence-corrected chi connectivity index (χ4v) is 1.99. The normalized spacial score (nSPS) is 11.2. The Morgan fingerprint density at radius 1 is 1.40 bits per heavy atom. The molecule has 1 aromatic rings. The third-order valence-electron chi connectivity index (χ3n) is 3.17. The van der Waals surface area contributed by atoms with Crippen molar-refractivity contribution in [2.75, 3.05) is 18.5 Å². The van der Waals surface area contributed by atoms with Crippen LogP contribution in [0.4, 0.5) is 10.5 Å². The van der Waals surface area contributed by atoms with Crippen molar-refractivity contribution in [3.8, 4) is 0 Å². The van der Waals surface area contributed by atoms with Gasteiger partial charge in [0, 0.05) is 23.9 Å². The van der Waals surface area contributed by atoms with Crippen LogP contribution >= 0.6 is 11.6 Å². The Kier molecular flexibility index (Phi) is 6.30. The Balaban J connectivity index is 2.45. The average molecular weight is 299 g/mol. The lowest BCUT2D eigenvalue weighted by Crippen LogP contribution is -2.36. The Labute approximate surface area is 125 Å². The summed E-state index contributed by atoms with van der Waals surface area (Å²) < 4.78 is 0. The predicted molar refractivity (Wildman–Crippen MR) is 83.3 cm³/mol. The summed E-state index contributed by atoms with van der Waals surface area (Å²) in [5, 5.41) is 15.1. The van der Waals surface area contributed by atoms with Gasteiger partial charge in [-0.05, 0) is 42.9 Å². The maximum atomic E-state index is 11.8. The monoisotopic (exact) mass is 298 g/mol. The Morgan fingerprint density at radius 3 is 2.70 bits per heavy atom. The molecule has 0 unspecified atom stereocenters. The number of halogens is 1. The molecule has 3 N–H and O–H groups in total. The number of urea groups is 1. The number of benzene rings is 1. The molecule has 1 aromatic carbocycles. The molecule has 0 aliphatic rings. The van der Waals surface area contributed by atoms with E-state index in [-0.39, 0.29) is 18.1 Å². The molecule has 5 heteroatoms. The van der Waals surface area contributed by atoms with E-state index in [2.05, 4.69) is 24.5 Å². The number of rotatable bonds is 6. The van der Waals surface area contributed by atoms with Gasteiger partial charge in [-0.15, -0.1) is 0 Å². The maximum absolute atomic E-state index is 11.8. The van der Waals surface area contributed by atoms with Crippen LogP contribution in [0.2, 0.25) is 5.02 Å². The summed E-state index contributed by atoms with van der Waals surface area (Å²) in [7, 11) is 0. The summed E-state index contributed by atoms with van der Waals surface area (Å²) in [4.78, 5) is 11.8. The van der Waals surface area contributed by atoms with Crippen molar-refractivity contribution in [3.63, 3.8) is 0 Å². The molecule has 0 aliphatic carbocycles. The summed E-state index contributed by atoms with van der Waals surface area (Å²) in [6.07, 6.45) is 1.60. The van der Waals surface area contributed by atoms with E-state index in [9.17, 15) is 4.79 Å². The number of amides is 2. The second-order valence-corrected chi connectivity index (χ2v) is 6.17. The second kappa shape index (κ2) is 7.50. The molecular weight excluding hydrogens is 276 g/mol. The molecule has 0 bridgehead atoms. The topological polar surface area (TPSA) is 61.4 Å². The first-order valence-electron chi connectivity index (χ1n) is 6.76. The van der Waals surface area contributed by atoms with Gasteiger partial charge in [-0.2, -0.15) is 0 Å². The number of hydrogen-bond donors (Lipinski definition) is 3. The highest BCUT2D eigenvalue weighted by Gasteiger charge is 2.18. The minimum Gasteiger partial charge on any atom is -0.396 e. The quantitative estimate of drug-likeness (QED) is 0.752. The van der Waals surface area contributed by atoms with E-state index in [0.717, 1.165) is 18.4 Å². The zero-order chi connectivity index (χ0) is 15.2. The van der Waals surface area contributed by atoms with E-state index in [1.807, 2.05) is 19.1 Å². The Hall–Kier alpha value is -1.26. The standard InChI is InChI=1S/C15H23ClN2O2/c1-11-5-6-12(9-13(11)16)18-14(20)17-10-15(2,3)7-4-8-19/h5-6,9,19H,4,7-8,10H2,1-3H3,(H2,17,18,20). The molecule has 0 atom stereocenters. The lowest BCUT2D eigenvalue weighted by Gasteiger charge is -2.24. The lowest BCUT2D eigenvalue weighted by atomic mass is 9.88. The van der Waals surface area contributed by atoms with E-state index >= 15 is 0 Å². The molecule has 0 aliphatic heterocycles. The second-order valence-electron chi connectivity index (χ2n) is 5.76. The van der Waals surface area contributed by atoms with Gasteiger partial charge in [-0.25, -0.2) is 4.79 Å². The van der Waals surface area contributed by atoms with Crippen molar-refractivity contribution >= 4 is 23.3 Å². The molecule has 1 rings (SSSR count). The van der Waals surface area contributed by atoms with E-state index < -0.39 is 0 Å². The lowest BCUT2D eigenvalue weighted by molar-refractivity contribution is 0.227. The predicted octanol–water partition coefficient (Wildman–Crippen LogP) is 3.57. The van der Waals surface area contributed by atoms with Gasteiger partial charge in [-0.3, -0.25) is 0 Å². The molecule has 0 spiro atoms. The van der Waals surface area contributed by atoms with E-state index in [1.54, 1.807) is 6.07 Å². The SMILES string of the molecule is Cc1ccc(NC(=O)NCC(C)(C)CCCO)cc1Cl. The molecule has 4 nitrogen and oxygen atoms in total. The summed E-state index contributed by atoms with van der Waals surface area (Å²) >= 11 is 6.01. The third-order valence-corrected chi connectivity index (χ3v) is 3.58. The summed E-state index contributed by atoms with van der Waals surface area (Å²) in [5.74, 6) is 0. The van der Waals surface area contributed by atoms with Crippen LogP contribution in [0.15, 0.2) is 18.2 Å². The van der Waals surface area contributed by atoms with Gasteiger partial charge in [0.05, 0.1) is 0 Å². The van der Waals surface area contributed by atoms with Crippen LogP contribution in [-0.2, 0) is 0 Å². The van der Waals surface area contributed by atoms with Crippen molar-refractivity contribution in [2.45, 2.75) is 33.6 Å². The molecule has 112 valence electrons. The van der Waals surface area contributed by atoms with E-state index in [0.29, 0.717) is 17.3 Å². The van der Waals surface area contributed by atoms with Gasteiger partial charge in [0.2, 0.25) is 0 Å². The van der Waals surface area contributed by atoms with Crippen molar-refractivity contribution < 1.29 is 9.90 Å². The number of hydrogen-bond acceptors (Lipinski definition) is 2. The number of nitrogens with one attached hydrogen (secondary N) is 2. The minimum atomic E-state index is -0.248. The van der Waals surface area contributed by atoms with Crippen molar-refractivity contribution in [3.05, 3.63) is 28.8 Å². The zero-order valence-electron chi connectivity index (χ0n) is 12.3. The van der Waals surface area contributed by atoms with Crippen LogP contribution in [0.3, 0.4) is 0 Å². The third kappa shape index (κ3) is 5.80. The number of aryl methyl sites for hydroxylation is 1. The van der Waals surface area contributed by atoms with E-state index in [1.165, 1.54) is 0 Å². The molecule has 0 radical (unpaired) electrons. The highest BCUT2D eigenvalue weighted by atomic mass is 35.5. The molecular formula is C15H23ClN2O2. The fourth-order valence-electron chi connectivity index (χ4n) is 1.81. The maximum Gasteiger partial charge on any atom is 0.319 e. The van der Waals surface area contributed by atoms with Crippen molar-refractivity contribution in [2.24, 2.45) is 5.41 Å². The van der Waals surface area contributed by atoms with Gasteiger partial charge in [0.25, 0.3) is 0 Å². The van der Waals surface area contributed by atoms with Crippen LogP contribution < -0.4 is 10.6 Å². The molecule has 20 heavy (non-hydrogen) atoms. The van der Waals surface area contributed by atoms with Crippen LogP contribution in [0.25, 0.3) is 0 Å². The average Bonchev–Trinajstić information content (AvgIpc) is 2.39. The largest absolute Gasteiger partial charge is 0.396 e. The van der Waals surface area contributed by atoms with E-state index in [4.69, 9.17) is 16.7 Å². The van der Waals surface area contributed by atoms with Crippen LogP contribution in [0.5, 0.6) is 0 Å². The Morgan fingerprint density at radius 2 is 2.10 bits per heavy atom. The fraction of sp³-hybridized carbons (Fsp3) is 0.533. The molecule has 0 aromatic heterocycles. The highest BCUT2D eigenvalue weighted by Crippen LogP contribution is 2.21. The molecule has 0 saturated heterocycles. The minimum absolute atomic E-state index is 0.0367. The van der Waals surface area contributed by atoms with Crippen molar-refractivity contribution in [1.82, 2.24) is 5.32 Å². The summed E-state index contributed by atoms with van der Waals surface area (Å²) in [5.41, 5.74) is 1.61. The number of carbonyl (C=O) groups is 1. The van der Waals surface area contributed by atoms with Gasteiger partial charge >= 0.3 is 6.03 Å². The molecule has 0 saturated carbocycles. The highest BCUT2D eigenvalue weighted by molar-refractivity contribution is 6.31. The van der Waals surface area contributed by atoms with Gasteiger partial charge in [-0.1, -0.05) is 31.5 Å². The first-order chi connectivity index (χ1) is 9.34. The number of aliphatic hydroxyl groups is 1. The molecule has 2 amide bonds. The summed E-state index contributed by atoms with van der Waals surface area (Å²) in [6.45, 7) is 6.77. The number of anilines is 1.